The van der Waals surface area contributed by atoms with E-state index < -0.39 is 23.5 Å². The molecule has 0 saturated heterocycles. The summed E-state index contributed by atoms with van der Waals surface area (Å²) in [6.07, 6.45) is 1.71. The van der Waals surface area contributed by atoms with E-state index in [1.54, 1.807) is 0 Å². The first-order valence-corrected chi connectivity index (χ1v) is 7.24. The van der Waals surface area contributed by atoms with Crippen molar-refractivity contribution in [2.24, 2.45) is 5.41 Å². The van der Waals surface area contributed by atoms with E-state index in [1.807, 2.05) is 18.4 Å². The second-order valence-electron chi connectivity index (χ2n) is 5.39. The van der Waals surface area contributed by atoms with Gasteiger partial charge in [0.2, 0.25) is 0 Å². The Morgan fingerprint density at radius 1 is 1.38 bits per heavy atom. The molecule has 112 valence electrons. The maximum atomic E-state index is 11.4. The predicted octanol–water partition coefficient (Wildman–Crippen LogP) is 2.52. The molecule has 1 aliphatic carbocycles. The molecule has 1 heterocycles. The van der Waals surface area contributed by atoms with Crippen molar-refractivity contribution in [2.45, 2.75) is 26.4 Å². The molecule has 21 heavy (non-hydrogen) atoms. The van der Waals surface area contributed by atoms with Crippen LogP contribution in [-0.2, 0) is 9.59 Å². The largest absolute Gasteiger partial charge is 0.481 e. The van der Waals surface area contributed by atoms with Crippen molar-refractivity contribution in [1.29, 1.82) is 0 Å². The summed E-state index contributed by atoms with van der Waals surface area (Å²) in [5.41, 5.74) is -0.134. The zero-order valence-electron chi connectivity index (χ0n) is 11.7. The molecule has 3 N–H and O–H groups in total. The number of thiophene rings is 1. The van der Waals surface area contributed by atoms with Crippen molar-refractivity contribution in [2.75, 3.05) is 0 Å². The third-order valence-corrected chi connectivity index (χ3v) is 4.68. The number of hydrogen-bond donors (Lipinski definition) is 3. The van der Waals surface area contributed by atoms with E-state index in [0.29, 0.717) is 10.5 Å². The molecule has 2 unspecified atom stereocenters. The molecule has 6 heteroatoms. The number of aryl methyl sites for hydroxylation is 1. The summed E-state index contributed by atoms with van der Waals surface area (Å²) in [4.78, 5) is 23.3. The summed E-state index contributed by atoms with van der Waals surface area (Å²) in [5.74, 6) is -2.27. The number of carboxylic acids is 2. The molecule has 0 aromatic carbocycles. The molecule has 0 aliphatic heterocycles. The van der Waals surface area contributed by atoms with Gasteiger partial charge >= 0.3 is 11.9 Å². The van der Waals surface area contributed by atoms with Gasteiger partial charge < -0.3 is 15.3 Å². The molecule has 2 rings (SSSR count). The molecule has 1 aromatic rings. The Balaban J connectivity index is 2.48. The average Bonchev–Trinajstić information content (AvgIpc) is 2.83. The third-order valence-electron chi connectivity index (χ3n) is 3.61. The fourth-order valence-electron chi connectivity index (χ4n) is 2.36. The van der Waals surface area contributed by atoms with Crippen LogP contribution in [0.4, 0.5) is 0 Å². The fraction of sp³-hybridized carbons (Fsp3) is 0.333. The molecule has 2 atom stereocenters. The van der Waals surface area contributed by atoms with E-state index in [9.17, 15) is 19.8 Å². The van der Waals surface area contributed by atoms with E-state index in [2.05, 4.69) is 0 Å². The summed E-state index contributed by atoms with van der Waals surface area (Å²) in [5, 5.41) is 30.8. The molecule has 0 fully saturated rings. The van der Waals surface area contributed by atoms with Crippen LogP contribution in [0.15, 0.2) is 34.7 Å². The highest BCUT2D eigenvalue weighted by Crippen LogP contribution is 2.40. The van der Waals surface area contributed by atoms with Crippen molar-refractivity contribution in [3.8, 4) is 0 Å². The van der Waals surface area contributed by atoms with Crippen LogP contribution in [-0.4, -0.2) is 27.3 Å². The Morgan fingerprint density at radius 2 is 2.05 bits per heavy atom. The molecule has 0 saturated carbocycles. The van der Waals surface area contributed by atoms with E-state index >= 15 is 0 Å². The molecular formula is C15H16O5S. The zero-order valence-corrected chi connectivity index (χ0v) is 12.5. The van der Waals surface area contributed by atoms with Crippen LogP contribution in [0.25, 0.3) is 0 Å². The van der Waals surface area contributed by atoms with Gasteiger partial charge in [0.15, 0.2) is 0 Å². The van der Waals surface area contributed by atoms with Crippen LogP contribution in [0.5, 0.6) is 0 Å². The van der Waals surface area contributed by atoms with Crippen molar-refractivity contribution in [1.82, 2.24) is 0 Å². The molecule has 1 aliphatic rings. The Kier molecular flexibility index (Phi) is 4.02. The van der Waals surface area contributed by atoms with Crippen LogP contribution >= 0.6 is 11.3 Å². The summed E-state index contributed by atoms with van der Waals surface area (Å²) in [6, 6.07) is 1.85. The topological polar surface area (TPSA) is 94.8 Å². The third kappa shape index (κ3) is 2.91. The zero-order chi connectivity index (χ0) is 15.8. The fourth-order valence-corrected chi connectivity index (χ4v) is 3.29. The lowest BCUT2D eigenvalue weighted by Gasteiger charge is -2.28. The van der Waals surface area contributed by atoms with E-state index in [0.717, 1.165) is 5.56 Å². The minimum atomic E-state index is -1.33. The molecule has 0 spiro atoms. The number of aliphatic hydroxyl groups excluding tert-OH is 1. The van der Waals surface area contributed by atoms with Gasteiger partial charge in [-0.15, -0.1) is 11.3 Å². The lowest BCUT2D eigenvalue weighted by Crippen LogP contribution is -2.30. The van der Waals surface area contributed by atoms with Crippen molar-refractivity contribution < 1.29 is 24.9 Å². The Labute approximate surface area is 125 Å². The maximum absolute atomic E-state index is 11.4. The normalized spacial score (nSPS) is 23.2. The van der Waals surface area contributed by atoms with Gasteiger partial charge in [-0.3, -0.25) is 4.79 Å². The molecule has 0 radical (unpaired) electrons. The highest BCUT2D eigenvalue weighted by atomic mass is 32.1. The maximum Gasteiger partial charge on any atom is 0.331 e. The summed E-state index contributed by atoms with van der Waals surface area (Å²) >= 11 is 1.35. The van der Waals surface area contributed by atoms with Gasteiger partial charge in [-0.1, -0.05) is 6.08 Å². The number of hydrogen-bond acceptors (Lipinski definition) is 4. The van der Waals surface area contributed by atoms with Crippen LogP contribution in [0.2, 0.25) is 0 Å². The number of rotatable bonds is 4. The predicted molar refractivity (Wildman–Crippen MR) is 78.2 cm³/mol. The first kappa shape index (κ1) is 15.5. The van der Waals surface area contributed by atoms with Gasteiger partial charge in [-0.25, -0.2) is 4.79 Å². The summed E-state index contributed by atoms with van der Waals surface area (Å²) < 4.78 is 0. The Morgan fingerprint density at radius 3 is 2.52 bits per heavy atom. The SMILES string of the molecule is Cc1ccsc1C(O)C1=CC(C)(C(=O)O)CC(C(=O)O)=C1. The van der Waals surface area contributed by atoms with Gasteiger partial charge in [0.1, 0.15) is 6.10 Å². The number of carbonyl (C=O) groups is 2. The molecule has 5 nitrogen and oxygen atoms in total. The number of carboxylic acid groups (broad SMARTS) is 2. The second-order valence-corrected chi connectivity index (χ2v) is 6.34. The van der Waals surface area contributed by atoms with Gasteiger partial charge in [0, 0.05) is 10.5 Å². The minimum absolute atomic E-state index is 0.00865. The Hall–Kier alpha value is -1.92. The highest BCUT2D eigenvalue weighted by molar-refractivity contribution is 7.10. The summed E-state index contributed by atoms with van der Waals surface area (Å²) in [6.45, 7) is 3.30. The van der Waals surface area contributed by atoms with Crippen molar-refractivity contribution in [3.63, 3.8) is 0 Å². The highest BCUT2D eigenvalue weighted by Gasteiger charge is 2.38. The van der Waals surface area contributed by atoms with Crippen LogP contribution in [0.1, 0.15) is 29.9 Å². The molecular weight excluding hydrogens is 292 g/mol. The number of aliphatic carboxylic acids is 2. The lowest BCUT2D eigenvalue weighted by molar-refractivity contribution is -0.145. The van der Waals surface area contributed by atoms with E-state index in [1.165, 1.54) is 30.4 Å². The van der Waals surface area contributed by atoms with E-state index in [-0.39, 0.29) is 12.0 Å². The van der Waals surface area contributed by atoms with Gasteiger partial charge in [-0.2, -0.15) is 0 Å². The molecule has 1 aromatic heterocycles. The van der Waals surface area contributed by atoms with E-state index in [4.69, 9.17) is 5.11 Å². The standard InChI is InChI=1S/C15H16O5S/c1-8-3-4-21-12(8)11(16)9-5-10(13(17)18)7-15(2,6-9)14(19)20/h3-6,11,16H,7H2,1-2H3,(H,17,18)(H,19,20). The smallest absolute Gasteiger partial charge is 0.331 e. The van der Waals surface area contributed by atoms with Crippen molar-refractivity contribution in [3.05, 3.63) is 45.2 Å². The number of aliphatic hydroxyl groups is 1. The van der Waals surface area contributed by atoms with Gasteiger partial charge in [-0.05, 0) is 48.9 Å². The minimum Gasteiger partial charge on any atom is -0.481 e. The first-order chi connectivity index (χ1) is 9.74. The van der Waals surface area contributed by atoms with Gasteiger partial charge in [0.25, 0.3) is 0 Å². The molecule has 0 bridgehead atoms. The van der Waals surface area contributed by atoms with Crippen molar-refractivity contribution >= 4 is 23.3 Å². The monoisotopic (exact) mass is 308 g/mol. The van der Waals surface area contributed by atoms with Crippen LogP contribution in [0, 0.1) is 12.3 Å². The van der Waals surface area contributed by atoms with Crippen LogP contribution < -0.4 is 0 Å². The lowest BCUT2D eigenvalue weighted by atomic mass is 9.76. The average molecular weight is 308 g/mol. The summed E-state index contributed by atoms with van der Waals surface area (Å²) in [7, 11) is 0. The van der Waals surface area contributed by atoms with Gasteiger partial charge in [0.05, 0.1) is 5.41 Å². The Bertz CT molecular complexity index is 655. The molecule has 0 amide bonds. The van der Waals surface area contributed by atoms with Crippen LogP contribution in [0.3, 0.4) is 0 Å². The quantitative estimate of drug-likeness (QED) is 0.794. The second kappa shape index (κ2) is 5.46. The first-order valence-electron chi connectivity index (χ1n) is 6.36.